The van der Waals surface area contributed by atoms with Gasteiger partial charge in [0.25, 0.3) is 0 Å². The van der Waals surface area contributed by atoms with Crippen molar-refractivity contribution in [1.29, 1.82) is 0 Å². The molecule has 3 nitrogen and oxygen atoms in total. The first-order valence-electron chi connectivity index (χ1n) is 6.07. The Morgan fingerprint density at radius 2 is 1.74 bits per heavy atom. The van der Waals surface area contributed by atoms with Gasteiger partial charge < -0.3 is 16.0 Å². The number of nitrogens with zero attached hydrogens (tertiary/aromatic N) is 1. The fourth-order valence-electron chi connectivity index (χ4n) is 1.84. The molecule has 0 saturated heterocycles. The summed E-state index contributed by atoms with van der Waals surface area (Å²) in [5.74, 6) is -0.405. The fourth-order valence-corrected chi connectivity index (χ4v) is 1.84. The van der Waals surface area contributed by atoms with Crippen LogP contribution in [0.5, 0.6) is 0 Å². The van der Waals surface area contributed by atoms with Crippen molar-refractivity contribution in [2.75, 3.05) is 30.0 Å². The van der Waals surface area contributed by atoms with Crippen molar-refractivity contribution in [3.05, 3.63) is 47.8 Å². The number of anilines is 4. The average molecular weight is 259 g/mol. The molecule has 0 saturated carbocycles. The molecular formula is C15H18FN3. The average Bonchev–Trinajstić information content (AvgIpc) is 2.36. The van der Waals surface area contributed by atoms with Gasteiger partial charge in [0.05, 0.1) is 5.69 Å². The Morgan fingerprint density at radius 1 is 1.11 bits per heavy atom. The number of nitrogens with two attached hydrogens (primary N) is 1. The van der Waals surface area contributed by atoms with Crippen LogP contribution in [0.15, 0.2) is 36.4 Å². The van der Waals surface area contributed by atoms with Crippen LogP contribution >= 0.6 is 0 Å². The van der Waals surface area contributed by atoms with E-state index in [1.165, 1.54) is 6.07 Å². The number of nitrogen functional groups attached to an aromatic ring is 1. The molecule has 4 heteroatoms. The normalized spacial score (nSPS) is 10.3. The lowest BCUT2D eigenvalue weighted by atomic mass is 10.1. The van der Waals surface area contributed by atoms with Gasteiger partial charge in [-0.3, -0.25) is 0 Å². The Hall–Kier alpha value is -2.23. The zero-order chi connectivity index (χ0) is 14.0. The maximum Gasteiger partial charge on any atom is 0.148 e. The third-order valence-electron chi connectivity index (χ3n) is 3.01. The van der Waals surface area contributed by atoms with Crippen LogP contribution in [0.25, 0.3) is 0 Å². The number of hydrogen-bond acceptors (Lipinski definition) is 3. The molecule has 0 spiro atoms. The van der Waals surface area contributed by atoms with E-state index in [2.05, 4.69) is 5.32 Å². The Morgan fingerprint density at radius 3 is 2.32 bits per heavy atom. The van der Waals surface area contributed by atoms with Crippen LogP contribution in [-0.4, -0.2) is 14.1 Å². The molecule has 19 heavy (non-hydrogen) atoms. The van der Waals surface area contributed by atoms with Crippen LogP contribution in [0.2, 0.25) is 0 Å². The molecule has 100 valence electrons. The van der Waals surface area contributed by atoms with E-state index in [1.54, 1.807) is 6.07 Å². The molecule has 0 aliphatic rings. The van der Waals surface area contributed by atoms with Crippen molar-refractivity contribution in [1.82, 2.24) is 0 Å². The molecule has 2 aromatic rings. The van der Waals surface area contributed by atoms with E-state index in [9.17, 15) is 4.39 Å². The standard InChI is InChI=1S/C15H18FN3/c1-10-8-14(17)13(16)9-15(10)18-11-4-6-12(7-5-11)19(2)3/h4-9,18H,17H2,1-3H3. The van der Waals surface area contributed by atoms with Crippen molar-refractivity contribution in [3.63, 3.8) is 0 Å². The quantitative estimate of drug-likeness (QED) is 0.829. The Kier molecular flexibility index (Phi) is 3.60. The number of benzene rings is 2. The number of hydrogen-bond donors (Lipinski definition) is 2. The van der Waals surface area contributed by atoms with E-state index in [-0.39, 0.29) is 5.69 Å². The van der Waals surface area contributed by atoms with E-state index in [1.807, 2.05) is 50.2 Å². The molecule has 3 N–H and O–H groups in total. The Labute approximate surface area is 112 Å². The van der Waals surface area contributed by atoms with Crippen LogP contribution in [-0.2, 0) is 0 Å². The molecule has 0 radical (unpaired) electrons. The number of halogens is 1. The van der Waals surface area contributed by atoms with Crippen molar-refractivity contribution in [2.45, 2.75) is 6.92 Å². The molecule has 0 aliphatic carbocycles. The predicted molar refractivity (Wildman–Crippen MR) is 79.6 cm³/mol. The Balaban J connectivity index is 2.24. The monoisotopic (exact) mass is 259 g/mol. The second kappa shape index (κ2) is 5.18. The minimum atomic E-state index is -0.405. The Bertz CT molecular complexity index is 577. The van der Waals surface area contributed by atoms with Crippen LogP contribution in [0.3, 0.4) is 0 Å². The third kappa shape index (κ3) is 2.96. The van der Waals surface area contributed by atoms with Gasteiger partial charge in [-0.25, -0.2) is 4.39 Å². The van der Waals surface area contributed by atoms with E-state index in [4.69, 9.17) is 5.73 Å². The molecule has 0 amide bonds. The van der Waals surface area contributed by atoms with E-state index >= 15 is 0 Å². The number of aryl methyl sites for hydroxylation is 1. The highest BCUT2D eigenvalue weighted by Crippen LogP contribution is 2.26. The lowest BCUT2D eigenvalue weighted by Crippen LogP contribution is -2.08. The topological polar surface area (TPSA) is 41.3 Å². The molecule has 0 atom stereocenters. The summed E-state index contributed by atoms with van der Waals surface area (Å²) < 4.78 is 13.5. The van der Waals surface area contributed by atoms with Crippen molar-refractivity contribution in [2.24, 2.45) is 0 Å². The highest BCUT2D eigenvalue weighted by molar-refractivity contribution is 5.67. The second-order valence-electron chi connectivity index (χ2n) is 4.75. The SMILES string of the molecule is Cc1cc(N)c(F)cc1Nc1ccc(N(C)C)cc1. The van der Waals surface area contributed by atoms with Gasteiger partial charge in [0.1, 0.15) is 5.82 Å². The first kappa shape index (κ1) is 13.2. The summed E-state index contributed by atoms with van der Waals surface area (Å²) >= 11 is 0. The first-order valence-corrected chi connectivity index (χ1v) is 6.07. The summed E-state index contributed by atoms with van der Waals surface area (Å²) in [6, 6.07) is 11.0. The zero-order valence-electron chi connectivity index (χ0n) is 11.4. The van der Waals surface area contributed by atoms with Crippen LogP contribution in [0.1, 0.15) is 5.56 Å². The lowest BCUT2D eigenvalue weighted by Gasteiger charge is -2.14. The minimum Gasteiger partial charge on any atom is -0.396 e. The fraction of sp³-hybridized carbons (Fsp3) is 0.200. The van der Waals surface area contributed by atoms with Gasteiger partial charge in [-0.1, -0.05) is 0 Å². The molecule has 0 aromatic heterocycles. The lowest BCUT2D eigenvalue weighted by molar-refractivity contribution is 0.633. The van der Waals surface area contributed by atoms with E-state index < -0.39 is 5.82 Å². The van der Waals surface area contributed by atoms with Crippen LogP contribution in [0.4, 0.5) is 27.1 Å². The zero-order valence-corrected chi connectivity index (χ0v) is 11.4. The van der Waals surface area contributed by atoms with Gasteiger partial charge >= 0.3 is 0 Å². The van der Waals surface area contributed by atoms with Gasteiger partial charge in [-0.2, -0.15) is 0 Å². The van der Waals surface area contributed by atoms with Crippen molar-refractivity contribution >= 4 is 22.7 Å². The molecule has 0 bridgehead atoms. The third-order valence-corrected chi connectivity index (χ3v) is 3.01. The summed E-state index contributed by atoms with van der Waals surface area (Å²) in [5, 5.41) is 3.19. The molecule has 0 fully saturated rings. The van der Waals surface area contributed by atoms with E-state index in [0.29, 0.717) is 0 Å². The summed E-state index contributed by atoms with van der Waals surface area (Å²) in [6.07, 6.45) is 0. The number of rotatable bonds is 3. The summed E-state index contributed by atoms with van der Waals surface area (Å²) in [6.45, 7) is 1.90. The molecule has 2 rings (SSSR count). The molecule has 0 aliphatic heterocycles. The molecule has 2 aromatic carbocycles. The van der Waals surface area contributed by atoms with Gasteiger partial charge in [0, 0.05) is 31.2 Å². The summed E-state index contributed by atoms with van der Waals surface area (Å²) in [7, 11) is 3.98. The molecule has 0 unspecified atom stereocenters. The highest BCUT2D eigenvalue weighted by atomic mass is 19.1. The number of nitrogens with one attached hydrogen (secondary N) is 1. The van der Waals surface area contributed by atoms with Gasteiger partial charge in [-0.15, -0.1) is 0 Å². The van der Waals surface area contributed by atoms with E-state index in [0.717, 1.165) is 22.6 Å². The maximum absolute atomic E-state index is 13.5. The van der Waals surface area contributed by atoms with Gasteiger partial charge in [0.2, 0.25) is 0 Å². The predicted octanol–water partition coefficient (Wildman–Crippen LogP) is 3.53. The van der Waals surface area contributed by atoms with Crippen LogP contribution in [0, 0.1) is 12.7 Å². The maximum atomic E-state index is 13.5. The summed E-state index contributed by atoms with van der Waals surface area (Å²) in [5.41, 5.74) is 9.37. The summed E-state index contributed by atoms with van der Waals surface area (Å²) in [4.78, 5) is 2.03. The first-order chi connectivity index (χ1) is 8.97. The smallest absolute Gasteiger partial charge is 0.148 e. The minimum absolute atomic E-state index is 0.172. The van der Waals surface area contributed by atoms with Crippen molar-refractivity contribution < 1.29 is 4.39 Å². The van der Waals surface area contributed by atoms with Gasteiger partial charge in [0.15, 0.2) is 0 Å². The largest absolute Gasteiger partial charge is 0.396 e. The molecule has 0 heterocycles. The van der Waals surface area contributed by atoms with Crippen molar-refractivity contribution in [3.8, 4) is 0 Å². The van der Waals surface area contributed by atoms with Gasteiger partial charge in [-0.05, 0) is 48.9 Å². The highest BCUT2D eigenvalue weighted by Gasteiger charge is 2.05. The second-order valence-corrected chi connectivity index (χ2v) is 4.75. The van der Waals surface area contributed by atoms with Crippen LogP contribution < -0.4 is 16.0 Å². The molecular weight excluding hydrogens is 241 g/mol.